The summed E-state index contributed by atoms with van der Waals surface area (Å²) in [7, 11) is -3.59. The van der Waals surface area contributed by atoms with E-state index in [0.717, 1.165) is 12.1 Å². The second-order valence-electron chi connectivity index (χ2n) is 5.82. The molecule has 6 heteroatoms. The first-order valence-electron chi connectivity index (χ1n) is 6.78. The van der Waals surface area contributed by atoms with Gasteiger partial charge in [0.1, 0.15) is 0 Å². The molecule has 0 aliphatic carbocycles. The molecule has 3 N–H and O–H groups in total. The monoisotopic (exact) mass is 299 g/mol. The summed E-state index contributed by atoms with van der Waals surface area (Å²) in [5.41, 5.74) is 1.000. The molecule has 0 fully saturated rings. The van der Waals surface area contributed by atoms with Gasteiger partial charge in [0.15, 0.2) is 0 Å². The average Bonchev–Trinajstić information content (AvgIpc) is 2.25. The lowest BCUT2D eigenvalue weighted by Gasteiger charge is -2.23. The van der Waals surface area contributed by atoms with Gasteiger partial charge in [-0.05, 0) is 45.9 Å². The lowest BCUT2D eigenvalue weighted by Crippen LogP contribution is -2.43. The summed E-state index contributed by atoms with van der Waals surface area (Å²) in [6.45, 7) is 10.3. The molecule has 0 spiro atoms. The molecule has 0 aliphatic rings. The van der Waals surface area contributed by atoms with E-state index >= 15 is 0 Å². The molecule has 0 heterocycles. The lowest BCUT2D eigenvalue weighted by atomic mass is 10.1. The van der Waals surface area contributed by atoms with Gasteiger partial charge in [0.05, 0.1) is 5.69 Å². The fraction of sp³-hybridized carbons (Fsp3) is 0.571. The van der Waals surface area contributed by atoms with Crippen LogP contribution in [0.25, 0.3) is 0 Å². The molecule has 1 rings (SSSR count). The highest BCUT2D eigenvalue weighted by atomic mass is 32.2. The first-order valence-corrected chi connectivity index (χ1v) is 8.27. The fourth-order valence-electron chi connectivity index (χ4n) is 1.96. The first-order chi connectivity index (χ1) is 9.14. The van der Waals surface area contributed by atoms with Gasteiger partial charge in [-0.25, -0.2) is 0 Å². The molecule has 0 bridgehead atoms. The van der Waals surface area contributed by atoms with Gasteiger partial charge in [0.2, 0.25) is 0 Å². The molecule has 1 aromatic carbocycles. The number of benzene rings is 1. The summed E-state index contributed by atoms with van der Waals surface area (Å²) in [4.78, 5) is 0. The largest absolute Gasteiger partial charge is 0.310 e. The van der Waals surface area contributed by atoms with E-state index in [1.807, 2.05) is 32.0 Å². The number of rotatable bonds is 6. The van der Waals surface area contributed by atoms with Gasteiger partial charge in [-0.15, -0.1) is 0 Å². The van der Waals surface area contributed by atoms with Gasteiger partial charge in [-0.2, -0.15) is 13.1 Å². The van der Waals surface area contributed by atoms with Crippen molar-refractivity contribution in [2.45, 2.75) is 46.2 Å². The van der Waals surface area contributed by atoms with Crippen LogP contribution in [-0.2, 0) is 10.2 Å². The third kappa shape index (κ3) is 5.48. The van der Waals surface area contributed by atoms with E-state index in [2.05, 4.69) is 14.8 Å². The second kappa shape index (κ2) is 6.56. The topological polar surface area (TPSA) is 70.2 Å². The minimum Gasteiger partial charge on any atom is -0.310 e. The maximum absolute atomic E-state index is 12.1. The molecule has 0 saturated carbocycles. The molecule has 0 aromatic heterocycles. The van der Waals surface area contributed by atoms with Crippen LogP contribution in [0.3, 0.4) is 0 Å². The average molecular weight is 299 g/mol. The van der Waals surface area contributed by atoms with Crippen LogP contribution in [0, 0.1) is 0 Å². The maximum atomic E-state index is 12.1. The molecule has 0 aliphatic heterocycles. The fourth-order valence-corrected chi connectivity index (χ4v) is 3.29. The Balaban J connectivity index is 2.98. The summed E-state index contributed by atoms with van der Waals surface area (Å²) in [5, 5.41) is 3.28. The quantitative estimate of drug-likeness (QED) is 0.755. The normalized spacial score (nSPS) is 14.1. The minimum atomic E-state index is -3.59. The van der Waals surface area contributed by atoms with Crippen molar-refractivity contribution in [3.05, 3.63) is 29.8 Å². The SMILES string of the molecule is CCNC(C)c1ccccc1NS(=O)(=O)NC(C)(C)C. The summed E-state index contributed by atoms with van der Waals surface area (Å²) >= 11 is 0. The molecular weight excluding hydrogens is 274 g/mol. The van der Waals surface area contributed by atoms with Crippen LogP contribution in [0.5, 0.6) is 0 Å². The van der Waals surface area contributed by atoms with Crippen LogP contribution < -0.4 is 14.8 Å². The van der Waals surface area contributed by atoms with Crippen molar-refractivity contribution in [1.29, 1.82) is 0 Å². The summed E-state index contributed by atoms with van der Waals surface area (Å²) in [5.74, 6) is 0. The van der Waals surface area contributed by atoms with Crippen molar-refractivity contribution in [1.82, 2.24) is 10.0 Å². The predicted octanol–water partition coefficient (Wildman–Crippen LogP) is 2.40. The van der Waals surface area contributed by atoms with E-state index in [-0.39, 0.29) is 6.04 Å². The van der Waals surface area contributed by atoms with Crippen molar-refractivity contribution < 1.29 is 8.42 Å². The Morgan fingerprint density at radius 3 is 2.35 bits per heavy atom. The number of hydrogen-bond acceptors (Lipinski definition) is 3. The molecule has 1 atom stereocenters. The second-order valence-corrected chi connectivity index (χ2v) is 7.24. The van der Waals surface area contributed by atoms with Gasteiger partial charge in [-0.1, -0.05) is 25.1 Å². The molecule has 1 unspecified atom stereocenters. The third-order valence-corrected chi connectivity index (χ3v) is 3.99. The van der Waals surface area contributed by atoms with Crippen LogP contribution in [0.15, 0.2) is 24.3 Å². The van der Waals surface area contributed by atoms with Gasteiger partial charge in [0, 0.05) is 11.6 Å². The Morgan fingerprint density at radius 2 is 1.80 bits per heavy atom. The number of hydrogen-bond donors (Lipinski definition) is 3. The summed E-state index contributed by atoms with van der Waals surface area (Å²) in [6.07, 6.45) is 0. The van der Waals surface area contributed by atoms with Crippen LogP contribution in [0.1, 0.15) is 46.2 Å². The van der Waals surface area contributed by atoms with E-state index in [0.29, 0.717) is 5.69 Å². The highest BCUT2D eigenvalue weighted by Crippen LogP contribution is 2.23. The molecule has 0 radical (unpaired) electrons. The van der Waals surface area contributed by atoms with Crippen molar-refractivity contribution in [3.63, 3.8) is 0 Å². The van der Waals surface area contributed by atoms with Crippen LogP contribution >= 0.6 is 0 Å². The minimum absolute atomic E-state index is 0.0773. The van der Waals surface area contributed by atoms with Crippen LogP contribution in [0.2, 0.25) is 0 Å². The van der Waals surface area contributed by atoms with Crippen molar-refractivity contribution >= 4 is 15.9 Å². The zero-order valence-electron chi connectivity index (χ0n) is 12.8. The van der Waals surface area contributed by atoms with Crippen molar-refractivity contribution in [2.24, 2.45) is 0 Å². The Labute approximate surface area is 122 Å². The van der Waals surface area contributed by atoms with E-state index in [1.54, 1.807) is 26.8 Å². The molecule has 0 amide bonds. The maximum Gasteiger partial charge on any atom is 0.299 e. The Kier molecular flexibility index (Phi) is 5.56. The van der Waals surface area contributed by atoms with Crippen LogP contribution in [-0.4, -0.2) is 20.5 Å². The molecular formula is C14H25N3O2S. The number of nitrogens with one attached hydrogen (secondary N) is 3. The van der Waals surface area contributed by atoms with Gasteiger partial charge < -0.3 is 5.32 Å². The Hall–Kier alpha value is -1.11. The predicted molar refractivity (Wildman–Crippen MR) is 84.0 cm³/mol. The van der Waals surface area contributed by atoms with Crippen molar-refractivity contribution in [2.75, 3.05) is 11.3 Å². The summed E-state index contributed by atoms with van der Waals surface area (Å²) in [6, 6.07) is 7.48. The molecule has 20 heavy (non-hydrogen) atoms. The van der Waals surface area contributed by atoms with Gasteiger partial charge in [0.25, 0.3) is 10.2 Å². The van der Waals surface area contributed by atoms with Crippen LogP contribution in [0.4, 0.5) is 5.69 Å². The molecule has 1 aromatic rings. The lowest BCUT2D eigenvalue weighted by molar-refractivity contribution is 0.494. The third-order valence-electron chi connectivity index (χ3n) is 2.62. The van der Waals surface area contributed by atoms with Crippen molar-refractivity contribution in [3.8, 4) is 0 Å². The standard InChI is InChI=1S/C14H25N3O2S/c1-6-15-11(2)12-9-7-8-10-13(12)16-20(18,19)17-14(3,4)5/h7-11,15-17H,6H2,1-5H3. The molecule has 5 nitrogen and oxygen atoms in total. The van der Waals surface area contributed by atoms with E-state index in [4.69, 9.17) is 0 Å². The van der Waals surface area contributed by atoms with Gasteiger partial charge >= 0.3 is 0 Å². The zero-order valence-corrected chi connectivity index (χ0v) is 13.6. The molecule has 0 saturated heterocycles. The summed E-state index contributed by atoms with van der Waals surface area (Å²) < 4.78 is 29.4. The van der Waals surface area contributed by atoms with E-state index in [1.165, 1.54) is 0 Å². The van der Waals surface area contributed by atoms with E-state index in [9.17, 15) is 8.42 Å². The number of para-hydroxylation sites is 1. The highest BCUT2D eigenvalue weighted by Gasteiger charge is 2.21. The highest BCUT2D eigenvalue weighted by molar-refractivity contribution is 7.90. The zero-order chi connectivity index (χ0) is 15.4. The Morgan fingerprint density at radius 1 is 1.20 bits per heavy atom. The number of anilines is 1. The van der Waals surface area contributed by atoms with E-state index < -0.39 is 15.7 Å². The van der Waals surface area contributed by atoms with Gasteiger partial charge in [-0.3, -0.25) is 4.72 Å². The Bertz CT molecular complexity index is 536. The first kappa shape index (κ1) is 16.9. The molecule has 114 valence electrons. The smallest absolute Gasteiger partial charge is 0.299 e.